The normalized spacial score (nSPS) is 18.4. The van der Waals surface area contributed by atoms with E-state index in [1.54, 1.807) is 25.1 Å². The number of nitrogens with one attached hydrogen (secondary N) is 1. The minimum atomic E-state index is -3.47. The molecule has 0 aromatic heterocycles. The van der Waals surface area contributed by atoms with Crippen LogP contribution in [0.2, 0.25) is 0 Å². The number of rotatable bonds is 3. The molecule has 1 saturated carbocycles. The van der Waals surface area contributed by atoms with Gasteiger partial charge in [-0.05, 0) is 37.5 Å². The van der Waals surface area contributed by atoms with Gasteiger partial charge in [0.15, 0.2) is 0 Å². The van der Waals surface area contributed by atoms with Crippen molar-refractivity contribution in [1.29, 1.82) is 0 Å². The Labute approximate surface area is 121 Å². The minimum absolute atomic E-state index is 0.0566. The summed E-state index contributed by atoms with van der Waals surface area (Å²) in [4.78, 5) is 0.305. The van der Waals surface area contributed by atoms with Crippen LogP contribution in [0.15, 0.2) is 23.1 Å². The zero-order valence-corrected chi connectivity index (χ0v) is 12.9. The van der Waals surface area contributed by atoms with E-state index in [0.29, 0.717) is 16.1 Å². The molecule has 0 radical (unpaired) electrons. The maximum atomic E-state index is 12.5. The van der Waals surface area contributed by atoms with Crippen molar-refractivity contribution in [3.63, 3.8) is 0 Å². The van der Waals surface area contributed by atoms with E-state index in [4.69, 9.17) is 5.73 Å². The van der Waals surface area contributed by atoms with Gasteiger partial charge in [0.2, 0.25) is 10.0 Å². The standard InChI is InChI=1S/C15H24N2O2S/c1-12-14(16)10-7-11-15(12)20(18,19)17-13-8-5-3-2-4-6-9-13/h7,10-11,13,17H,2-6,8-9,16H2,1H3. The highest BCUT2D eigenvalue weighted by Crippen LogP contribution is 2.23. The lowest BCUT2D eigenvalue weighted by Crippen LogP contribution is -2.35. The van der Waals surface area contributed by atoms with E-state index < -0.39 is 10.0 Å². The molecule has 112 valence electrons. The SMILES string of the molecule is Cc1c(N)cccc1S(=O)(=O)NC1CCCCCCC1. The Morgan fingerprint density at radius 2 is 1.70 bits per heavy atom. The molecule has 1 fully saturated rings. The van der Waals surface area contributed by atoms with Crippen LogP contribution in [0.3, 0.4) is 0 Å². The maximum Gasteiger partial charge on any atom is 0.241 e. The number of anilines is 1. The topological polar surface area (TPSA) is 72.2 Å². The Balaban J connectivity index is 2.15. The van der Waals surface area contributed by atoms with Gasteiger partial charge in [-0.25, -0.2) is 13.1 Å². The van der Waals surface area contributed by atoms with Gasteiger partial charge >= 0.3 is 0 Å². The van der Waals surface area contributed by atoms with E-state index in [-0.39, 0.29) is 6.04 Å². The molecule has 0 saturated heterocycles. The molecular formula is C15H24N2O2S. The van der Waals surface area contributed by atoms with Crippen molar-refractivity contribution in [3.05, 3.63) is 23.8 Å². The summed E-state index contributed by atoms with van der Waals surface area (Å²) in [7, 11) is -3.47. The van der Waals surface area contributed by atoms with Crippen LogP contribution < -0.4 is 10.5 Å². The predicted octanol–water partition coefficient (Wildman–Crippen LogP) is 2.97. The third-order valence-corrected chi connectivity index (χ3v) is 5.71. The predicted molar refractivity (Wildman–Crippen MR) is 82.0 cm³/mol. The monoisotopic (exact) mass is 296 g/mol. The molecule has 3 N–H and O–H groups in total. The Morgan fingerprint density at radius 1 is 1.10 bits per heavy atom. The molecule has 0 atom stereocenters. The molecule has 0 spiro atoms. The summed E-state index contributed by atoms with van der Waals surface area (Å²) in [5.74, 6) is 0. The summed E-state index contributed by atoms with van der Waals surface area (Å²) in [6.45, 7) is 1.75. The molecule has 1 aromatic rings. The van der Waals surface area contributed by atoms with Gasteiger partial charge in [-0.15, -0.1) is 0 Å². The van der Waals surface area contributed by atoms with E-state index in [1.165, 1.54) is 19.3 Å². The fourth-order valence-electron chi connectivity index (χ4n) is 2.78. The zero-order valence-electron chi connectivity index (χ0n) is 12.1. The maximum absolute atomic E-state index is 12.5. The van der Waals surface area contributed by atoms with Gasteiger partial charge in [-0.3, -0.25) is 0 Å². The summed E-state index contributed by atoms with van der Waals surface area (Å²) in [6.07, 6.45) is 7.74. The summed E-state index contributed by atoms with van der Waals surface area (Å²) in [5, 5.41) is 0. The molecular weight excluding hydrogens is 272 g/mol. The van der Waals surface area contributed by atoms with Gasteiger partial charge in [0.1, 0.15) is 0 Å². The zero-order chi connectivity index (χ0) is 14.6. The van der Waals surface area contributed by atoms with Crippen molar-refractivity contribution in [1.82, 2.24) is 4.72 Å². The van der Waals surface area contributed by atoms with Gasteiger partial charge in [-0.1, -0.05) is 38.2 Å². The highest BCUT2D eigenvalue weighted by Gasteiger charge is 2.22. The third-order valence-electron chi connectivity index (χ3n) is 4.04. The Bertz CT molecular complexity index is 547. The fraction of sp³-hybridized carbons (Fsp3) is 0.600. The molecule has 0 aliphatic heterocycles. The van der Waals surface area contributed by atoms with Gasteiger partial charge in [0.25, 0.3) is 0 Å². The summed E-state index contributed by atoms with van der Waals surface area (Å²) in [5.41, 5.74) is 6.95. The van der Waals surface area contributed by atoms with Crippen molar-refractivity contribution in [2.24, 2.45) is 0 Å². The number of hydrogen-bond donors (Lipinski definition) is 2. The molecule has 5 heteroatoms. The Kier molecular flexibility index (Phi) is 5.05. The Morgan fingerprint density at radius 3 is 2.35 bits per heavy atom. The van der Waals surface area contributed by atoms with Crippen LogP contribution in [0, 0.1) is 6.92 Å². The summed E-state index contributed by atoms with van der Waals surface area (Å²) < 4.78 is 27.9. The molecule has 1 aliphatic rings. The summed E-state index contributed by atoms with van der Waals surface area (Å²) >= 11 is 0. The highest BCUT2D eigenvalue weighted by molar-refractivity contribution is 7.89. The number of hydrogen-bond acceptors (Lipinski definition) is 3. The van der Waals surface area contributed by atoms with E-state index >= 15 is 0 Å². The van der Waals surface area contributed by atoms with Crippen LogP contribution in [0.1, 0.15) is 50.5 Å². The molecule has 0 bridgehead atoms. The van der Waals surface area contributed by atoms with E-state index in [0.717, 1.165) is 25.7 Å². The van der Waals surface area contributed by atoms with Crippen LogP contribution >= 0.6 is 0 Å². The largest absolute Gasteiger partial charge is 0.398 e. The molecule has 2 rings (SSSR count). The first kappa shape index (κ1) is 15.3. The number of benzene rings is 1. The van der Waals surface area contributed by atoms with Gasteiger partial charge in [0, 0.05) is 11.7 Å². The van der Waals surface area contributed by atoms with Crippen molar-refractivity contribution in [2.45, 2.75) is 62.8 Å². The lowest BCUT2D eigenvalue weighted by Gasteiger charge is -2.21. The van der Waals surface area contributed by atoms with E-state index in [1.807, 2.05) is 0 Å². The first-order chi connectivity index (χ1) is 9.50. The average Bonchev–Trinajstić information content (AvgIpc) is 2.35. The second-order valence-corrected chi connectivity index (χ2v) is 7.32. The Hall–Kier alpha value is -1.07. The van der Waals surface area contributed by atoms with Crippen LogP contribution in [0.5, 0.6) is 0 Å². The second kappa shape index (κ2) is 6.59. The van der Waals surface area contributed by atoms with Crippen LogP contribution in [-0.4, -0.2) is 14.5 Å². The van der Waals surface area contributed by atoms with Crippen molar-refractivity contribution in [2.75, 3.05) is 5.73 Å². The van der Waals surface area contributed by atoms with E-state index in [2.05, 4.69) is 4.72 Å². The molecule has 20 heavy (non-hydrogen) atoms. The lowest BCUT2D eigenvalue weighted by atomic mass is 9.97. The molecule has 1 aromatic carbocycles. The number of nitrogen functional groups attached to an aromatic ring is 1. The van der Waals surface area contributed by atoms with Gasteiger partial charge < -0.3 is 5.73 Å². The van der Waals surface area contributed by atoms with Crippen LogP contribution in [-0.2, 0) is 10.0 Å². The van der Waals surface area contributed by atoms with Crippen molar-refractivity contribution < 1.29 is 8.42 Å². The molecule has 1 aliphatic carbocycles. The quantitative estimate of drug-likeness (QED) is 0.842. The molecule has 4 nitrogen and oxygen atoms in total. The van der Waals surface area contributed by atoms with Gasteiger partial charge in [-0.2, -0.15) is 0 Å². The smallest absolute Gasteiger partial charge is 0.241 e. The van der Waals surface area contributed by atoms with Crippen LogP contribution in [0.4, 0.5) is 5.69 Å². The number of nitrogens with two attached hydrogens (primary N) is 1. The molecule has 0 heterocycles. The second-order valence-electron chi connectivity index (χ2n) is 5.63. The third kappa shape index (κ3) is 3.73. The first-order valence-corrected chi connectivity index (χ1v) is 8.86. The van der Waals surface area contributed by atoms with Crippen molar-refractivity contribution in [3.8, 4) is 0 Å². The first-order valence-electron chi connectivity index (χ1n) is 7.38. The molecule has 0 unspecified atom stereocenters. The summed E-state index contributed by atoms with van der Waals surface area (Å²) in [6, 6.07) is 5.09. The van der Waals surface area contributed by atoms with Crippen molar-refractivity contribution >= 4 is 15.7 Å². The highest BCUT2D eigenvalue weighted by atomic mass is 32.2. The average molecular weight is 296 g/mol. The fourth-order valence-corrected chi connectivity index (χ4v) is 4.36. The minimum Gasteiger partial charge on any atom is -0.398 e. The van der Waals surface area contributed by atoms with Gasteiger partial charge in [0.05, 0.1) is 4.90 Å². The van der Waals surface area contributed by atoms with E-state index in [9.17, 15) is 8.42 Å². The molecule has 0 amide bonds. The lowest BCUT2D eigenvalue weighted by molar-refractivity contribution is 0.426. The van der Waals surface area contributed by atoms with Crippen LogP contribution in [0.25, 0.3) is 0 Å². The number of sulfonamides is 1.